The lowest BCUT2D eigenvalue weighted by atomic mass is 10.0. The Kier molecular flexibility index (Phi) is 31.9. The number of aryl methyl sites for hydroxylation is 1. The number of alkyl carbamates (subject to hydrolysis) is 2. The van der Waals surface area contributed by atoms with Gasteiger partial charge in [-0.2, -0.15) is 13.2 Å². The van der Waals surface area contributed by atoms with Gasteiger partial charge in [-0.25, -0.2) is 14.0 Å². The number of carbonyl (C=O) groups is 9. The first kappa shape index (κ1) is 75.4. The van der Waals surface area contributed by atoms with Crippen LogP contribution >= 0.6 is 15.9 Å². The number of benzene rings is 1. The number of hydrogen-bond donors (Lipinski definition) is 7. The van der Waals surface area contributed by atoms with Crippen LogP contribution in [-0.4, -0.2) is 221 Å². The summed E-state index contributed by atoms with van der Waals surface area (Å²) in [5.74, 6) is -1.40. The molecule has 1 aromatic carbocycles. The highest BCUT2D eigenvalue weighted by molar-refractivity contribution is 9.09. The Morgan fingerprint density at radius 2 is 1.17 bits per heavy atom. The molecule has 1 aromatic heterocycles. The highest BCUT2D eigenvalue weighted by Crippen LogP contribution is 2.34. The van der Waals surface area contributed by atoms with Gasteiger partial charge in [0.1, 0.15) is 35.1 Å². The van der Waals surface area contributed by atoms with Gasteiger partial charge in [0.2, 0.25) is 29.9 Å². The summed E-state index contributed by atoms with van der Waals surface area (Å²) in [6, 6.07) is 2.34. The number of nitrogens with one attached hydrogen (secondary N) is 6. The predicted molar refractivity (Wildman–Crippen MR) is 313 cm³/mol. The number of halogens is 5. The number of rotatable bonds is 16. The van der Waals surface area contributed by atoms with Crippen LogP contribution in [0.2, 0.25) is 0 Å². The van der Waals surface area contributed by atoms with E-state index in [0.29, 0.717) is 118 Å². The van der Waals surface area contributed by atoms with Gasteiger partial charge in [0.05, 0.1) is 43.6 Å². The summed E-state index contributed by atoms with van der Waals surface area (Å²) in [6.07, 6.45) is -2.62. The number of H-pyrrole nitrogens is 1. The smallest absolute Gasteiger partial charge is 0.444 e. The third-order valence-electron chi connectivity index (χ3n) is 12.5. The average Bonchev–Trinajstić information content (AvgIpc) is 2.19. The van der Waals surface area contributed by atoms with Crippen LogP contribution in [-0.2, 0) is 57.2 Å². The molecule has 8 N–H and O–H groups in total. The molecule has 0 aliphatic carbocycles. The average molecular weight is 1290 g/mol. The summed E-state index contributed by atoms with van der Waals surface area (Å²) in [5, 5.41) is 14.2. The maximum atomic E-state index is 13.7. The molecule has 4 atom stereocenters. The van der Waals surface area contributed by atoms with E-state index in [-0.39, 0.29) is 41.5 Å². The first-order chi connectivity index (χ1) is 40.2. The van der Waals surface area contributed by atoms with E-state index < -0.39 is 59.8 Å². The monoisotopic (exact) mass is 1290 g/mol. The number of nitrogens with two attached hydrogens (primary N) is 1. The van der Waals surface area contributed by atoms with Crippen molar-refractivity contribution in [1.29, 1.82) is 0 Å². The first-order valence-electron chi connectivity index (χ1n) is 27.5. The summed E-state index contributed by atoms with van der Waals surface area (Å²) >= 11 is 3.18. The van der Waals surface area contributed by atoms with Crippen molar-refractivity contribution in [3.05, 3.63) is 52.1 Å². The van der Waals surface area contributed by atoms with Gasteiger partial charge in [0.25, 0.3) is 11.8 Å². The van der Waals surface area contributed by atoms with Crippen molar-refractivity contribution in [2.75, 3.05) is 111 Å². The molecule has 0 bridgehead atoms. The van der Waals surface area contributed by atoms with Gasteiger partial charge in [-0.3, -0.25) is 33.6 Å². The van der Waals surface area contributed by atoms with Crippen LogP contribution in [0, 0.1) is 19.7 Å². The van der Waals surface area contributed by atoms with Gasteiger partial charge < -0.3 is 80.4 Å². The Bertz CT molecular complexity index is 2630. The number of fused-ring (bicyclic) bond motifs is 1. The summed E-state index contributed by atoms with van der Waals surface area (Å²) < 4.78 is 74.5. The Hall–Kier alpha value is -6.73. The molecule has 4 fully saturated rings. The summed E-state index contributed by atoms with van der Waals surface area (Å²) in [6.45, 7) is 20.9. The molecule has 6 heterocycles. The van der Waals surface area contributed by atoms with Crippen LogP contribution in [0.4, 0.5) is 32.8 Å². The van der Waals surface area contributed by atoms with Crippen molar-refractivity contribution in [1.82, 2.24) is 41.0 Å². The molecular weight excluding hydrogens is 1210 g/mol. The second kappa shape index (κ2) is 36.4. The normalized spacial score (nSPS) is 19.2. The van der Waals surface area contributed by atoms with E-state index in [1.807, 2.05) is 0 Å². The molecule has 484 valence electrons. The quantitative estimate of drug-likeness (QED) is 0.0531. The fourth-order valence-corrected chi connectivity index (χ4v) is 8.75. The van der Waals surface area contributed by atoms with E-state index in [1.165, 1.54) is 18.2 Å². The maximum Gasteiger partial charge on any atom is 0.446 e. The predicted octanol–water partition coefficient (Wildman–Crippen LogP) is 4.37. The number of aromatic nitrogens is 1. The highest BCUT2D eigenvalue weighted by atomic mass is 79.9. The zero-order valence-corrected chi connectivity index (χ0v) is 52.5. The zero-order chi connectivity index (χ0) is 65.1. The number of aldehydes is 1. The molecule has 86 heavy (non-hydrogen) atoms. The van der Waals surface area contributed by atoms with E-state index in [4.69, 9.17) is 34.2 Å². The van der Waals surface area contributed by atoms with Gasteiger partial charge in [-0.1, -0.05) is 15.9 Å². The summed E-state index contributed by atoms with van der Waals surface area (Å²) in [7, 11) is 6.48. The molecule has 7 rings (SSSR count). The Morgan fingerprint density at radius 3 is 1.58 bits per heavy atom. The molecule has 0 spiro atoms. The van der Waals surface area contributed by atoms with E-state index in [1.54, 1.807) is 105 Å². The Balaban J connectivity index is 0.000000396. The number of amides is 8. The number of nitrogens with zero attached hydrogens (tertiary/aromatic N) is 3. The van der Waals surface area contributed by atoms with Gasteiger partial charge in [-0.05, 0) is 111 Å². The zero-order valence-electron chi connectivity index (χ0n) is 50.9. The highest BCUT2D eigenvalue weighted by Gasteiger charge is 2.36. The number of hydrogen-bond acceptors (Lipinski definition) is 16. The lowest BCUT2D eigenvalue weighted by Gasteiger charge is -2.21. The van der Waals surface area contributed by atoms with Crippen molar-refractivity contribution < 1.29 is 89.1 Å². The largest absolute Gasteiger partial charge is 0.446 e. The number of anilines is 1. The number of ether oxygens (including phenoxy) is 6. The third kappa shape index (κ3) is 26.5. The maximum absolute atomic E-state index is 13.7. The van der Waals surface area contributed by atoms with Crippen molar-refractivity contribution >= 4 is 87.2 Å². The lowest BCUT2D eigenvalue weighted by molar-refractivity contribution is -0.156. The second-order valence-corrected chi connectivity index (χ2v) is 22.4. The number of alkyl halides is 4. The molecule has 0 unspecified atom stereocenters. The van der Waals surface area contributed by atoms with Gasteiger partial charge in [0.15, 0.2) is 0 Å². The minimum atomic E-state index is -4.64. The van der Waals surface area contributed by atoms with Gasteiger partial charge >= 0.3 is 18.4 Å². The lowest BCUT2D eigenvalue weighted by Crippen LogP contribution is -2.44. The minimum Gasteiger partial charge on any atom is -0.444 e. The number of carbonyl (C=O) groups excluding carboxylic acids is 9. The van der Waals surface area contributed by atoms with E-state index >= 15 is 0 Å². The van der Waals surface area contributed by atoms with E-state index in [2.05, 4.69) is 52.2 Å². The van der Waals surface area contributed by atoms with Gasteiger partial charge in [0, 0.05) is 102 Å². The molecule has 5 aliphatic heterocycles. The van der Waals surface area contributed by atoms with Crippen molar-refractivity contribution in [3.8, 4) is 0 Å². The van der Waals surface area contributed by atoms with Crippen molar-refractivity contribution in [2.24, 2.45) is 5.73 Å². The van der Waals surface area contributed by atoms with Crippen LogP contribution in [0.3, 0.4) is 0 Å². The molecular formula is C56H85BrF4N10O15. The van der Waals surface area contributed by atoms with E-state index in [0.717, 1.165) is 24.9 Å². The molecule has 5 aliphatic rings. The fraction of sp³-hybridized carbons (Fsp3) is 0.625. The molecule has 0 saturated carbocycles. The third-order valence-corrected chi connectivity index (χ3v) is 12.9. The molecule has 25 nitrogen and oxygen atoms in total. The molecule has 30 heteroatoms. The number of aromatic amines is 1. The van der Waals surface area contributed by atoms with Crippen LogP contribution < -0.4 is 32.3 Å². The first-order valence-corrected chi connectivity index (χ1v) is 28.6. The number of likely N-dealkylation sites (tertiary alicyclic amines) is 3. The standard InChI is InChI=1S/C23H25FN4O4.C12H22N2O4.C9H16N2O3.C7H14N2O2.C3H7BrO.C2HF3O/c1-12-19(11-16-15-10-14(24)4-5-17(15)26-21(16)29)25-13(2)20(12)22(30)27-18-6-7-28(23(18)31)8-9-32-3;1-12(2,3)18-11(16)13-9-5-6-14(10(9)15)7-8-17-4;1-9(2,3)14-8(13)11-6-4-5-10-7(6)12;1-11-5-4-9-3-2-6(8)7(9)10;1-5-3-2-4;3-2(4,5)1-6/h4-5,10-11,18,25H,6-9H2,1-3H3,(H,26,29)(H,27,30);9H,5-8H2,1-4H3,(H,13,16);6H,4-5H2,1-3H3,(H,10,12)(H,11,13);6H,2-5,8H2,1H3;2-3H2,1H3;1H/b16-11-;;;;;/t18-;9-;2*6-;;/m0000../s1. The minimum absolute atomic E-state index is 0.0575. The van der Waals surface area contributed by atoms with Gasteiger partial charge in [-0.15, -0.1) is 0 Å². The molecule has 4 saturated heterocycles. The summed E-state index contributed by atoms with van der Waals surface area (Å²) in [5.41, 5.74) is 8.02. The Morgan fingerprint density at radius 1 is 0.709 bits per heavy atom. The molecule has 8 amide bonds. The van der Waals surface area contributed by atoms with E-state index in [9.17, 15) is 55.9 Å². The van der Waals surface area contributed by atoms with Crippen molar-refractivity contribution in [2.45, 2.75) is 123 Å². The van der Waals surface area contributed by atoms with Crippen LogP contribution in [0.25, 0.3) is 11.6 Å². The second-order valence-electron chi connectivity index (χ2n) is 21.6. The Labute approximate surface area is 507 Å². The number of methoxy groups -OCH3 is 4. The molecule has 0 radical (unpaired) electrons. The topological polar surface area (TPSA) is 321 Å². The van der Waals surface area contributed by atoms with Crippen LogP contribution in [0.15, 0.2) is 18.2 Å². The van der Waals surface area contributed by atoms with Crippen LogP contribution in [0.5, 0.6) is 0 Å². The SMILES string of the molecule is CC(C)(C)OC(=O)N[C@H]1CCNC1=O.COCCBr.COCCN1CC[C@H](N)C1=O.COCCN1CC[C@H](NC(=O)OC(C)(C)C)C1=O.COCCN1CC[C@H](NC(=O)c2c(C)[nH]c(/C=C3\C(=O)Nc4ccc(F)cc43)c2C)C1=O.O=CC(F)(F)F. The van der Waals surface area contributed by atoms with Crippen LogP contribution in [0.1, 0.15) is 100 Å². The van der Waals surface area contributed by atoms with Crippen molar-refractivity contribution in [3.63, 3.8) is 0 Å². The summed E-state index contributed by atoms with van der Waals surface area (Å²) in [4.78, 5) is 112. The fourth-order valence-electron chi connectivity index (χ4n) is 8.43. The molecule has 2 aromatic rings.